The Bertz CT molecular complexity index is 975. The summed E-state index contributed by atoms with van der Waals surface area (Å²) < 4.78 is 5.29. The SMILES string of the molecule is C=C(SC/C(NC(C)=O)=C(\C)N=C(C)N)C(C)c1ccc2cc(OC)ccc2c1. The number of allylic oxidation sites excluding steroid dienone is 2. The number of fused-ring (bicyclic) bond motifs is 1. The van der Waals surface area contributed by atoms with E-state index in [9.17, 15) is 4.79 Å². The van der Waals surface area contributed by atoms with Gasteiger partial charge in [-0.3, -0.25) is 4.79 Å². The van der Waals surface area contributed by atoms with Crippen LogP contribution < -0.4 is 15.8 Å². The van der Waals surface area contributed by atoms with E-state index in [4.69, 9.17) is 10.5 Å². The quantitative estimate of drug-likeness (QED) is 0.476. The van der Waals surface area contributed by atoms with Crippen LogP contribution in [0, 0.1) is 0 Å². The van der Waals surface area contributed by atoms with E-state index in [1.807, 2.05) is 19.1 Å². The molecular formula is C23H29N3O2S. The van der Waals surface area contributed by atoms with Crippen molar-refractivity contribution in [3.8, 4) is 5.75 Å². The van der Waals surface area contributed by atoms with E-state index >= 15 is 0 Å². The molecule has 0 aliphatic heterocycles. The van der Waals surface area contributed by atoms with Crippen LogP contribution in [-0.4, -0.2) is 24.6 Å². The minimum absolute atomic E-state index is 0.131. The maximum Gasteiger partial charge on any atom is 0.221 e. The van der Waals surface area contributed by atoms with Gasteiger partial charge in [-0.05, 0) is 47.2 Å². The molecule has 0 aliphatic rings. The van der Waals surface area contributed by atoms with Crippen LogP contribution >= 0.6 is 11.8 Å². The number of amides is 1. The van der Waals surface area contributed by atoms with Crippen molar-refractivity contribution >= 4 is 34.3 Å². The second-order valence-electron chi connectivity index (χ2n) is 6.95. The van der Waals surface area contributed by atoms with Crippen molar-refractivity contribution in [3.05, 3.63) is 64.8 Å². The zero-order valence-corrected chi connectivity index (χ0v) is 18.5. The molecule has 3 N–H and O–H groups in total. The summed E-state index contributed by atoms with van der Waals surface area (Å²) in [6, 6.07) is 12.5. The molecule has 0 radical (unpaired) electrons. The fourth-order valence-electron chi connectivity index (χ4n) is 2.89. The molecular weight excluding hydrogens is 382 g/mol. The summed E-state index contributed by atoms with van der Waals surface area (Å²) in [7, 11) is 1.67. The normalized spacial score (nSPS) is 13.6. The molecule has 29 heavy (non-hydrogen) atoms. The maximum absolute atomic E-state index is 11.5. The number of aliphatic imine (C=N–C) groups is 1. The van der Waals surface area contributed by atoms with Gasteiger partial charge in [-0.25, -0.2) is 4.99 Å². The van der Waals surface area contributed by atoms with Gasteiger partial charge < -0.3 is 15.8 Å². The van der Waals surface area contributed by atoms with Crippen LogP contribution in [0.15, 0.2) is 64.3 Å². The number of carbonyl (C=O) groups excluding carboxylic acids is 1. The molecule has 0 spiro atoms. The molecule has 0 aliphatic carbocycles. The molecule has 5 nitrogen and oxygen atoms in total. The first-order valence-corrected chi connectivity index (χ1v) is 10.4. The summed E-state index contributed by atoms with van der Waals surface area (Å²) in [5.41, 5.74) is 8.31. The number of amidine groups is 1. The minimum atomic E-state index is -0.131. The number of carbonyl (C=O) groups is 1. The summed E-state index contributed by atoms with van der Waals surface area (Å²) in [4.78, 5) is 16.8. The van der Waals surface area contributed by atoms with Gasteiger partial charge in [-0.2, -0.15) is 0 Å². The largest absolute Gasteiger partial charge is 0.497 e. The number of ether oxygens (including phenoxy) is 1. The van der Waals surface area contributed by atoms with Gasteiger partial charge in [-0.1, -0.05) is 37.8 Å². The number of thioether (sulfide) groups is 1. The van der Waals surface area contributed by atoms with Crippen molar-refractivity contribution in [2.75, 3.05) is 12.9 Å². The summed E-state index contributed by atoms with van der Waals surface area (Å²) in [5.74, 6) is 1.89. The smallest absolute Gasteiger partial charge is 0.221 e. The van der Waals surface area contributed by atoms with Crippen molar-refractivity contribution in [2.45, 2.75) is 33.6 Å². The molecule has 1 unspecified atom stereocenters. The molecule has 2 rings (SSSR count). The van der Waals surface area contributed by atoms with E-state index < -0.39 is 0 Å². The first-order chi connectivity index (χ1) is 13.7. The highest BCUT2D eigenvalue weighted by Gasteiger charge is 2.13. The molecule has 1 amide bonds. The summed E-state index contributed by atoms with van der Waals surface area (Å²) in [6.07, 6.45) is 0. The molecule has 0 heterocycles. The lowest BCUT2D eigenvalue weighted by Crippen LogP contribution is -2.22. The third-order valence-electron chi connectivity index (χ3n) is 4.56. The Hall–Kier alpha value is -2.73. The molecule has 0 saturated carbocycles. The van der Waals surface area contributed by atoms with Crippen LogP contribution in [0.1, 0.15) is 39.2 Å². The van der Waals surface area contributed by atoms with E-state index in [0.29, 0.717) is 17.3 Å². The molecule has 0 aromatic heterocycles. The second kappa shape index (κ2) is 10.2. The van der Waals surface area contributed by atoms with Crippen molar-refractivity contribution in [3.63, 3.8) is 0 Å². The van der Waals surface area contributed by atoms with E-state index in [2.05, 4.69) is 48.1 Å². The Balaban J connectivity index is 2.15. The highest BCUT2D eigenvalue weighted by molar-refractivity contribution is 8.03. The molecule has 1 atom stereocenters. The number of rotatable bonds is 8. The first kappa shape index (κ1) is 22.6. The first-order valence-electron chi connectivity index (χ1n) is 9.38. The third-order valence-corrected chi connectivity index (χ3v) is 5.72. The summed E-state index contributed by atoms with van der Waals surface area (Å²) in [6.45, 7) is 11.4. The van der Waals surface area contributed by atoms with Crippen molar-refractivity contribution < 1.29 is 9.53 Å². The van der Waals surface area contributed by atoms with Crippen molar-refractivity contribution in [1.29, 1.82) is 0 Å². The van der Waals surface area contributed by atoms with Crippen LogP contribution in [0.4, 0.5) is 0 Å². The van der Waals surface area contributed by atoms with Gasteiger partial charge in [0.05, 0.1) is 18.6 Å². The topological polar surface area (TPSA) is 76.7 Å². The van der Waals surface area contributed by atoms with Gasteiger partial charge in [0.2, 0.25) is 5.91 Å². The number of methoxy groups -OCH3 is 1. The standard InChI is InChI=1S/C23H29N3O2S/c1-14(19-7-8-21-12-22(28-6)10-9-20(21)11-19)16(3)29-13-23(26-18(5)27)15(2)25-17(4)24/h7-12,14H,3,13H2,1-2,4-6H3,(H2,24,25)(H,26,27)/b23-15-. The fourth-order valence-corrected chi connectivity index (χ4v) is 3.89. The fraction of sp³-hybridized carbons (Fsp3) is 0.304. The van der Waals surface area contributed by atoms with Gasteiger partial charge in [0.1, 0.15) is 5.75 Å². The average Bonchev–Trinajstić information content (AvgIpc) is 2.68. The van der Waals surface area contributed by atoms with E-state index in [1.165, 1.54) is 12.5 Å². The summed E-state index contributed by atoms with van der Waals surface area (Å²) >= 11 is 1.60. The lowest BCUT2D eigenvalue weighted by atomic mass is 9.97. The van der Waals surface area contributed by atoms with Gasteiger partial charge >= 0.3 is 0 Å². The molecule has 6 heteroatoms. The van der Waals surface area contributed by atoms with E-state index in [0.717, 1.165) is 27.1 Å². The lowest BCUT2D eigenvalue weighted by Gasteiger charge is -2.17. The number of nitrogens with one attached hydrogen (secondary N) is 1. The van der Waals surface area contributed by atoms with Gasteiger partial charge in [0.15, 0.2) is 0 Å². The summed E-state index contributed by atoms with van der Waals surface area (Å²) in [5, 5.41) is 5.16. The molecule has 154 valence electrons. The van der Waals surface area contributed by atoms with Crippen LogP contribution in [0.2, 0.25) is 0 Å². The third kappa shape index (κ3) is 6.39. The monoisotopic (exact) mass is 411 g/mol. The Morgan fingerprint density at radius 3 is 2.48 bits per heavy atom. The van der Waals surface area contributed by atoms with Gasteiger partial charge in [0.25, 0.3) is 0 Å². The van der Waals surface area contributed by atoms with E-state index in [-0.39, 0.29) is 11.8 Å². The number of hydrogen-bond donors (Lipinski definition) is 2. The predicted molar refractivity (Wildman–Crippen MR) is 124 cm³/mol. The molecule has 0 fully saturated rings. The van der Waals surface area contributed by atoms with Crippen molar-refractivity contribution in [1.82, 2.24) is 5.32 Å². The zero-order valence-electron chi connectivity index (χ0n) is 17.7. The highest BCUT2D eigenvalue weighted by atomic mass is 32.2. The molecule has 0 bridgehead atoms. The minimum Gasteiger partial charge on any atom is -0.497 e. The Morgan fingerprint density at radius 1 is 1.21 bits per heavy atom. The Kier molecular flexibility index (Phi) is 7.91. The highest BCUT2D eigenvalue weighted by Crippen LogP contribution is 2.34. The number of hydrogen-bond acceptors (Lipinski definition) is 4. The predicted octanol–water partition coefficient (Wildman–Crippen LogP) is 4.94. The molecule has 0 saturated heterocycles. The van der Waals surface area contributed by atoms with Gasteiger partial charge in [0, 0.05) is 24.3 Å². The Morgan fingerprint density at radius 2 is 1.86 bits per heavy atom. The Labute approximate surface area is 177 Å². The van der Waals surface area contributed by atoms with Crippen molar-refractivity contribution in [2.24, 2.45) is 10.7 Å². The molecule has 2 aromatic carbocycles. The van der Waals surface area contributed by atoms with E-state index in [1.54, 1.807) is 25.8 Å². The van der Waals surface area contributed by atoms with Gasteiger partial charge in [-0.15, -0.1) is 11.8 Å². The van der Waals surface area contributed by atoms with Crippen LogP contribution in [0.5, 0.6) is 5.75 Å². The number of benzene rings is 2. The van der Waals surface area contributed by atoms with Crippen LogP contribution in [-0.2, 0) is 4.79 Å². The lowest BCUT2D eigenvalue weighted by molar-refractivity contribution is -0.118. The van der Waals surface area contributed by atoms with Crippen LogP contribution in [0.3, 0.4) is 0 Å². The van der Waals surface area contributed by atoms with Crippen LogP contribution in [0.25, 0.3) is 10.8 Å². The second-order valence-corrected chi connectivity index (χ2v) is 8.05. The average molecular weight is 412 g/mol. The number of nitrogens with two attached hydrogens (primary N) is 1. The maximum atomic E-state index is 11.5. The zero-order chi connectivity index (χ0) is 21.6. The molecule has 2 aromatic rings. The number of nitrogens with zero attached hydrogens (tertiary/aromatic N) is 1.